The molecule has 2 aromatic rings. The van der Waals surface area contributed by atoms with Gasteiger partial charge in [0, 0.05) is 13.1 Å². The van der Waals surface area contributed by atoms with Crippen LogP contribution in [0, 0.1) is 13.8 Å². The average Bonchev–Trinajstić information content (AvgIpc) is 2.41. The van der Waals surface area contributed by atoms with Crippen LogP contribution in [0.25, 0.3) is 0 Å². The number of benzene rings is 2. The highest BCUT2D eigenvalue weighted by Gasteiger charge is 2.06. The fraction of sp³-hybridized carbons (Fsp3) is 0.294. The molecule has 0 saturated heterocycles. The zero-order valence-electron chi connectivity index (χ0n) is 11.6. The van der Waals surface area contributed by atoms with E-state index >= 15 is 0 Å². The van der Waals surface area contributed by atoms with E-state index in [1.54, 1.807) is 0 Å². The van der Waals surface area contributed by atoms with Crippen LogP contribution in [-0.2, 0) is 6.54 Å². The van der Waals surface area contributed by atoms with Crippen molar-refractivity contribution in [1.29, 1.82) is 0 Å². The molecule has 0 saturated carbocycles. The van der Waals surface area contributed by atoms with Gasteiger partial charge in [-0.25, -0.2) is 0 Å². The summed E-state index contributed by atoms with van der Waals surface area (Å²) in [5, 5.41) is 13.4. The van der Waals surface area contributed by atoms with Crippen LogP contribution in [-0.4, -0.2) is 11.7 Å². The number of rotatable bonds is 5. The first kappa shape index (κ1) is 13.8. The molecule has 0 heterocycles. The van der Waals surface area contributed by atoms with Gasteiger partial charge in [-0.1, -0.05) is 54.1 Å². The van der Waals surface area contributed by atoms with Gasteiger partial charge < -0.3 is 10.4 Å². The molecular weight excluding hydrogens is 234 g/mol. The highest BCUT2D eigenvalue weighted by Crippen LogP contribution is 2.13. The van der Waals surface area contributed by atoms with Crippen molar-refractivity contribution in [3.8, 4) is 0 Å². The lowest BCUT2D eigenvalue weighted by Gasteiger charge is -2.13. The van der Waals surface area contributed by atoms with E-state index in [2.05, 4.69) is 24.4 Å². The fourth-order valence-corrected chi connectivity index (χ4v) is 2.06. The van der Waals surface area contributed by atoms with E-state index in [0.717, 1.165) is 12.1 Å². The molecule has 19 heavy (non-hydrogen) atoms. The van der Waals surface area contributed by atoms with Crippen molar-refractivity contribution in [3.05, 3.63) is 70.8 Å². The first-order valence-corrected chi connectivity index (χ1v) is 6.66. The van der Waals surface area contributed by atoms with E-state index in [-0.39, 0.29) is 0 Å². The summed E-state index contributed by atoms with van der Waals surface area (Å²) in [6.45, 7) is 5.51. The van der Waals surface area contributed by atoms with Gasteiger partial charge in [0.15, 0.2) is 0 Å². The number of hydrogen-bond donors (Lipinski definition) is 2. The molecule has 1 unspecified atom stereocenters. The second-order valence-corrected chi connectivity index (χ2v) is 4.98. The molecule has 0 spiro atoms. The molecule has 0 aliphatic rings. The second kappa shape index (κ2) is 6.50. The molecule has 2 heteroatoms. The Labute approximate surface area is 115 Å². The van der Waals surface area contributed by atoms with Gasteiger partial charge in [-0.3, -0.25) is 0 Å². The molecule has 0 aliphatic heterocycles. The lowest BCUT2D eigenvalue weighted by molar-refractivity contribution is 0.174. The third kappa shape index (κ3) is 3.91. The summed E-state index contributed by atoms with van der Waals surface area (Å²) in [6.07, 6.45) is -0.454. The van der Waals surface area contributed by atoms with Crippen molar-refractivity contribution in [1.82, 2.24) is 5.32 Å². The minimum absolute atomic E-state index is 0.454. The Balaban J connectivity index is 1.86. The van der Waals surface area contributed by atoms with Gasteiger partial charge >= 0.3 is 0 Å². The molecule has 1 atom stereocenters. The molecule has 100 valence electrons. The smallest absolute Gasteiger partial charge is 0.0914 e. The maximum Gasteiger partial charge on any atom is 0.0914 e. The normalized spacial score (nSPS) is 12.4. The van der Waals surface area contributed by atoms with E-state index in [1.807, 2.05) is 43.3 Å². The quantitative estimate of drug-likeness (QED) is 0.860. The summed E-state index contributed by atoms with van der Waals surface area (Å²) in [7, 11) is 0. The van der Waals surface area contributed by atoms with Crippen LogP contribution in [0.15, 0.2) is 48.5 Å². The summed E-state index contributed by atoms with van der Waals surface area (Å²) in [5.41, 5.74) is 4.73. The topological polar surface area (TPSA) is 32.3 Å². The van der Waals surface area contributed by atoms with Crippen molar-refractivity contribution < 1.29 is 5.11 Å². The molecule has 0 bridgehead atoms. The number of aryl methyl sites for hydroxylation is 2. The third-order valence-corrected chi connectivity index (χ3v) is 3.38. The van der Waals surface area contributed by atoms with E-state index in [0.29, 0.717) is 6.54 Å². The highest BCUT2D eigenvalue weighted by atomic mass is 16.3. The molecular formula is C17H21NO. The van der Waals surface area contributed by atoms with Crippen molar-refractivity contribution in [2.75, 3.05) is 6.54 Å². The highest BCUT2D eigenvalue weighted by molar-refractivity contribution is 5.26. The van der Waals surface area contributed by atoms with Crippen LogP contribution in [0.1, 0.15) is 28.4 Å². The molecule has 2 aromatic carbocycles. The van der Waals surface area contributed by atoms with E-state index in [9.17, 15) is 5.11 Å². The molecule has 2 N–H and O–H groups in total. The van der Waals surface area contributed by atoms with Gasteiger partial charge in [-0.15, -0.1) is 0 Å². The van der Waals surface area contributed by atoms with Crippen LogP contribution >= 0.6 is 0 Å². The van der Waals surface area contributed by atoms with Crippen LogP contribution in [0.2, 0.25) is 0 Å². The Morgan fingerprint density at radius 3 is 2.37 bits per heavy atom. The minimum Gasteiger partial charge on any atom is -0.387 e. The van der Waals surface area contributed by atoms with Gasteiger partial charge in [0.05, 0.1) is 6.10 Å². The average molecular weight is 255 g/mol. The predicted octanol–water partition coefficient (Wildman–Crippen LogP) is 3.13. The molecule has 0 aromatic heterocycles. The van der Waals surface area contributed by atoms with E-state index in [4.69, 9.17) is 0 Å². The number of aliphatic hydroxyl groups excluding tert-OH is 1. The molecule has 0 amide bonds. The molecule has 0 aliphatic carbocycles. The van der Waals surface area contributed by atoms with Gasteiger partial charge in [0.1, 0.15) is 0 Å². The Bertz CT molecular complexity index is 519. The summed E-state index contributed by atoms with van der Waals surface area (Å²) in [5.74, 6) is 0. The van der Waals surface area contributed by atoms with Gasteiger partial charge in [0.2, 0.25) is 0 Å². The predicted molar refractivity (Wildman–Crippen MR) is 79.0 cm³/mol. The monoisotopic (exact) mass is 255 g/mol. The second-order valence-electron chi connectivity index (χ2n) is 4.98. The summed E-state index contributed by atoms with van der Waals surface area (Å²) < 4.78 is 0. The summed E-state index contributed by atoms with van der Waals surface area (Å²) in [4.78, 5) is 0. The lowest BCUT2D eigenvalue weighted by atomic mass is 10.1. The van der Waals surface area contributed by atoms with Crippen LogP contribution in [0.5, 0.6) is 0 Å². The fourth-order valence-electron chi connectivity index (χ4n) is 2.06. The Hall–Kier alpha value is -1.64. The van der Waals surface area contributed by atoms with Crippen molar-refractivity contribution in [2.45, 2.75) is 26.5 Å². The maximum absolute atomic E-state index is 10.1. The van der Waals surface area contributed by atoms with E-state index < -0.39 is 6.10 Å². The minimum atomic E-state index is -0.454. The Kier molecular flexibility index (Phi) is 4.72. The number of nitrogens with one attached hydrogen (secondary N) is 1. The SMILES string of the molecule is Cc1ccc(C(O)CNCc2ccccc2C)cc1. The van der Waals surface area contributed by atoms with Gasteiger partial charge in [0.25, 0.3) is 0 Å². The zero-order valence-corrected chi connectivity index (χ0v) is 11.6. The Morgan fingerprint density at radius 1 is 1.00 bits per heavy atom. The number of hydrogen-bond acceptors (Lipinski definition) is 2. The lowest BCUT2D eigenvalue weighted by Crippen LogP contribution is -2.21. The van der Waals surface area contributed by atoms with Crippen molar-refractivity contribution >= 4 is 0 Å². The third-order valence-electron chi connectivity index (χ3n) is 3.38. The van der Waals surface area contributed by atoms with Crippen LogP contribution in [0.3, 0.4) is 0 Å². The van der Waals surface area contributed by atoms with Crippen molar-refractivity contribution in [3.63, 3.8) is 0 Å². The van der Waals surface area contributed by atoms with Gasteiger partial charge in [-0.05, 0) is 30.5 Å². The zero-order chi connectivity index (χ0) is 13.7. The first-order chi connectivity index (χ1) is 9.16. The molecule has 2 nitrogen and oxygen atoms in total. The van der Waals surface area contributed by atoms with E-state index in [1.165, 1.54) is 16.7 Å². The summed E-state index contributed by atoms with van der Waals surface area (Å²) in [6, 6.07) is 16.3. The first-order valence-electron chi connectivity index (χ1n) is 6.66. The molecule has 0 radical (unpaired) electrons. The van der Waals surface area contributed by atoms with Crippen molar-refractivity contribution in [2.24, 2.45) is 0 Å². The van der Waals surface area contributed by atoms with Gasteiger partial charge in [-0.2, -0.15) is 0 Å². The number of aliphatic hydroxyl groups is 1. The molecule has 2 rings (SSSR count). The standard InChI is InChI=1S/C17H21NO/c1-13-7-9-15(10-8-13)17(19)12-18-11-16-6-4-3-5-14(16)2/h3-10,17-19H,11-12H2,1-2H3. The molecule has 0 fully saturated rings. The largest absolute Gasteiger partial charge is 0.387 e. The Morgan fingerprint density at radius 2 is 1.68 bits per heavy atom. The van der Waals surface area contributed by atoms with Crippen LogP contribution < -0.4 is 5.32 Å². The van der Waals surface area contributed by atoms with Crippen LogP contribution in [0.4, 0.5) is 0 Å². The maximum atomic E-state index is 10.1. The summed E-state index contributed by atoms with van der Waals surface area (Å²) >= 11 is 0.